The van der Waals surface area contributed by atoms with Gasteiger partial charge in [-0.25, -0.2) is 4.98 Å². The minimum Gasteiger partial charge on any atom is -0.382 e. The van der Waals surface area contributed by atoms with Crippen molar-refractivity contribution >= 4 is 28.2 Å². The normalized spacial score (nSPS) is 21.9. The number of hydrogen-bond donors (Lipinski definition) is 3. The van der Waals surface area contributed by atoms with Crippen molar-refractivity contribution in [1.29, 1.82) is 0 Å². The van der Waals surface area contributed by atoms with Crippen LogP contribution >= 0.6 is 11.3 Å². The lowest BCUT2D eigenvalue weighted by Gasteiger charge is -2.35. The van der Waals surface area contributed by atoms with Gasteiger partial charge >= 0.3 is 0 Å². The Balaban J connectivity index is 2.02. The summed E-state index contributed by atoms with van der Waals surface area (Å²) in [5, 5.41) is 6.67. The minimum absolute atomic E-state index is 0.0980. The zero-order chi connectivity index (χ0) is 14.0. The van der Waals surface area contributed by atoms with Crippen LogP contribution in [0.4, 0.5) is 10.9 Å². The lowest BCUT2D eigenvalue weighted by molar-refractivity contribution is 0.0907. The van der Waals surface area contributed by atoms with Crippen LogP contribution in [-0.2, 0) is 0 Å². The molecule has 0 spiro atoms. The van der Waals surface area contributed by atoms with Gasteiger partial charge in [0, 0.05) is 13.1 Å². The van der Waals surface area contributed by atoms with Gasteiger partial charge in [-0.3, -0.25) is 4.79 Å². The van der Waals surface area contributed by atoms with Gasteiger partial charge in [-0.15, -0.1) is 0 Å². The van der Waals surface area contributed by atoms with Crippen LogP contribution in [0, 0.1) is 5.41 Å². The smallest absolute Gasteiger partial charge is 0.265 e. The van der Waals surface area contributed by atoms with Crippen LogP contribution in [0.1, 0.15) is 49.2 Å². The van der Waals surface area contributed by atoms with Gasteiger partial charge < -0.3 is 16.4 Å². The van der Waals surface area contributed by atoms with Crippen molar-refractivity contribution in [3.05, 3.63) is 4.88 Å². The van der Waals surface area contributed by atoms with E-state index in [4.69, 9.17) is 5.73 Å². The molecule has 1 fully saturated rings. The number of amides is 1. The van der Waals surface area contributed by atoms with E-state index in [1.807, 2.05) is 0 Å². The van der Waals surface area contributed by atoms with Gasteiger partial charge in [0.2, 0.25) is 0 Å². The van der Waals surface area contributed by atoms with Crippen LogP contribution in [0.15, 0.2) is 0 Å². The zero-order valence-corrected chi connectivity index (χ0v) is 12.6. The maximum absolute atomic E-state index is 12.2. The first kappa shape index (κ1) is 14.1. The van der Waals surface area contributed by atoms with E-state index in [-0.39, 0.29) is 11.9 Å². The number of anilines is 2. The monoisotopic (exact) mass is 282 g/mol. The zero-order valence-electron chi connectivity index (χ0n) is 11.7. The number of rotatable bonds is 3. The topological polar surface area (TPSA) is 80.0 Å². The molecule has 1 unspecified atom stereocenters. The van der Waals surface area contributed by atoms with Crippen LogP contribution in [-0.4, -0.2) is 24.0 Å². The summed E-state index contributed by atoms with van der Waals surface area (Å²) in [7, 11) is 1.77. The molecule has 1 aromatic heterocycles. The Hall–Kier alpha value is -1.30. The summed E-state index contributed by atoms with van der Waals surface area (Å²) in [6.07, 6.45) is 4.47. The Morgan fingerprint density at radius 2 is 2.26 bits per heavy atom. The molecule has 5 nitrogen and oxygen atoms in total. The van der Waals surface area contributed by atoms with Crippen molar-refractivity contribution in [3.8, 4) is 0 Å². The molecule has 1 amide bonds. The quantitative estimate of drug-likeness (QED) is 0.795. The predicted octanol–water partition coefficient (Wildman–Crippen LogP) is 2.47. The molecule has 1 heterocycles. The molecule has 1 saturated carbocycles. The molecule has 1 atom stereocenters. The average Bonchev–Trinajstić information content (AvgIpc) is 2.69. The number of thiazole rings is 1. The lowest BCUT2D eigenvalue weighted by atomic mass is 9.75. The second-order valence-corrected chi connectivity index (χ2v) is 6.91. The number of carbonyl (C=O) groups excluding carboxylic acids is 1. The summed E-state index contributed by atoms with van der Waals surface area (Å²) in [5.74, 6) is 0.209. The number of carbonyl (C=O) groups is 1. The minimum atomic E-state index is -0.0980. The SMILES string of the molecule is CNc1nc(N)c(C(=O)NC2CCCC(C)(C)C2)s1. The van der Waals surface area contributed by atoms with E-state index >= 15 is 0 Å². The molecule has 0 radical (unpaired) electrons. The summed E-state index contributed by atoms with van der Waals surface area (Å²) in [4.78, 5) is 16.8. The maximum Gasteiger partial charge on any atom is 0.265 e. The highest BCUT2D eigenvalue weighted by molar-refractivity contribution is 7.18. The molecule has 1 aliphatic rings. The fourth-order valence-electron chi connectivity index (χ4n) is 2.67. The van der Waals surface area contributed by atoms with E-state index < -0.39 is 0 Å². The number of nitrogens with one attached hydrogen (secondary N) is 2. The van der Waals surface area contributed by atoms with Gasteiger partial charge in [-0.2, -0.15) is 0 Å². The Labute approximate surface area is 118 Å². The molecular formula is C13H22N4OS. The summed E-state index contributed by atoms with van der Waals surface area (Å²) in [5.41, 5.74) is 6.09. The number of hydrogen-bond acceptors (Lipinski definition) is 5. The fourth-order valence-corrected chi connectivity index (χ4v) is 3.42. The van der Waals surface area contributed by atoms with Crippen LogP contribution in [0.25, 0.3) is 0 Å². The first-order valence-electron chi connectivity index (χ1n) is 6.66. The predicted molar refractivity (Wildman–Crippen MR) is 79.6 cm³/mol. The molecule has 6 heteroatoms. The Morgan fingerprint density at radius 3 is 2.84 bits per heavy atom. The molecule has 0 aliphatic heterocycles. The van der Waals surface area contributed by atoms with Crippen LogP contribution in [0.5, 0.6) is 0 Å². The van der Waals surface area contributed by atoms with Crippen molar-refractivity contribution < 1.29 is 4.79 Å². The molecule has 106 valence electrons. The molecule has 0 aromatic carbocycles. The molecule has 1 aliphatic carbocycles. The number of nitrogen functional groups attached to an aromatic ring is 1. The lowest BCUT2D eigenvalue weighted by Crippen LogP contribution is -2.40. The molecule has 19 heavy (non-hydrogen) atoms. The molecule has 2 rings (SSSR count). The largest absolute Gasteiger partial charge is 0.382 e. The van der Waals surface area contributed by atoms with Crippen molar-refractivity contribution in [2.45, 2.75) is 45.6 Å². The second-order valence-electron chi connectivity index (χ2n) is 5.91. The van der Waals surface area contributed by atoms with Crippen molar-refractivity contribution in [3.63, 3.8) is 0 Å². The van der Waals surface area contributed by atoms with Gasteiger partial charge in [0.05, 0.1) is 0 Å². The van der Waals surface area contributed by atoms with E-state index in [0.717, 1.165) is 19.3 Å². The number of nitrogens with two attached hydrogens (primary N) is 1. The number of aromatic nitrogens is 1. The van der Waals surface area contributed by atoms with Gasteiger partial charge in [0.25, 0.3) is 5.91 Å². The molecule has 4 N–H and O–H groups in total. The maximum atomic E-state index is 12.2. The van der Waals surface area contributed by atoms with Gasteiger partial charge in [-0.05, 0) is 24.7 Å². The highest BCUT2D eigenvalue weighted by atomic mass is 32.1. The highest BCUT2D eigenvalue weighted by Crippen LogP contribution is 2.35. The van der Waals surface area contributed by atoms with Gasteiger partial charge in [0.15, 0.2) is 5.13 Å². The van der Waals surface area contributed by atoms with Crippen LogP contribution in [0.2, 0.25) is 0 Å². The van der Waals surface area contributed by atoms with Gasteiger partial charge in [-0.1, -0.05) is 31.6 Å². The second kappa shape index (κ2) is 5.36. The molecular weight excluding hydrogens is 260 g/mol. The van der Waals surface area contributed by atoms with Crippen molar-refractivity contribution in [2.75, 3.05) is 18.1 Å². The van der Waals surface area contributed by atoms with Gasteiger partial charge in [0.1, 0.15) is 10.7 Å². The molecule has 0 saturated heterocycles. The fraction of sp³-hybridized carbons (Fsp3) is 0.692. The first-order chi connectivity index (χ1) is 8.91. The first-order valence-corrected chi connectivity index (χ1v) is 7.48. The highest BCUT2D eigenvalue weighted by Gasteiger charge is 2.29. The standard InChI is InChI=1S/C13H22N4OS/c1-13(2)6-4-5-8(7-13)16-11(18)9-10(14)17-12(15-3)19-9/h8H,4-7,14H2,1-3H3,(H,15,17)(H,16,18). The summed E-state index contributed by atoms with van der Waals surface area (Å²) in [6, 6.07) is 0.246. The summed E-state index contributed by atoms with van der Waals surface area (Å²) in [6.45, 7) is 4.51. The van der Waals surface area contributed by atoms with E-state index in [2.05, 4.69) is 29.5 Å². The summed E-state index contributed by atoms with van der Waals surface area (Å²) >= 11 is 1.30. The van der Waals surface area contributed by atoms with Crippen molar-refractivity contribution in [1.82, 2.24) is 10.3 Å². The summed E-state index contributed by atoms with van der Waals surface area (Å²) < 4.78 is 0. The average molecular weight is 282 g/mol. The van der Waals surface area contributed by atoms with E-state index in [9.17, 15) is 4.79 Å². The van der Waals surface area contributed by atoms with E-state index in [1.54, 1.807) is 7.05 Å². The third-order valence-corrected chi connectivity index (χ3v) is 4.70. The van der Waals surface area contributed by atoms with Crippen LogP contribution < -0.4 is 16.4 Å². The van der Waals surface area contributed by atoms with E-state index in [0.29, 0.717) is 21.2 Å². The third kappa shape index (κ3) is 3.37. The number of nitrogens with zero attached hydrogens (tertiary/aromatic N) is 1. The molecule has 1 aromatic rings. The Bertz CT molecular complexity index is 469. The van der Waals surface area contributed by atoms with E-state index in [1.165, 1.54) is 17.8 Å². The Kier molecular flexibility index (Phi) is 3.99. The molecule has 0 bridgehead atoms. The Morgan fingerprint density at radius 1 is 1.53 bits per heavy atom. The third-order valence-electron chi connectivity index (χ3n) is 3.61. The van der Waals surface area contributed by atoms with Crippen molar-refractivity contribution in [2.24, 2.45) is 5.41 Å². The van der Waals surface area contributed by atoms with Crippen LogP contribution in [0.3, 0.4) is 0 Å².